The minimum atomic E-state index is -0.845. The molecule has 8 heteroatoms. The van der Waals surface area contributed by atoms with Crippen molar-refractivity contribution in [1.29, 1.82) is 0 Å². The first-order chi connectivity index (χ1) is 7.54. The van der Waals surface area contributed by atoms with E-state index in [1.54, 1.807) is 5.43 Å². The van der Waals surface area contributed by atoms with Gasteiger partial charge in [0.25, 0.3) is 11.8 Å². The SMILES string of the molecule is NNC(=O)NC(=O)CCN1C(=O)C=CC1=O. The number of amides is 5. The highest BCUT2D eigenvalue weighted by atomic mass is 16.2. The van der Waals surface area contributed by atoms with Gasteiger partial charge < -0.3 is 0 Å². The fraction of sp³-hybridized carbons (Fsp3) is 0.250. The zero-order chi connectivity index (χ0) is 12.1. The van der Waals surface area contributed by atoms with E-state index in [2.05, 4.69) is 0 Å². The maximum absolute atomic E-state index is 11.1. The predicted molar refractivity (Wildman–Crippen MR) is 51.3 cm³/mol. The van der Waals surface area contributed by atoms with Crippen molar-refractivity contribution in [2.24, 2.45) is 5.84 Å². The van der Waals surface area contributed by atoms with Gasteiger partial charge in [-0.15, -0.1) is 0 Å². The molecule has 0 saturated carbocycles. The van der Waals surface area contributed by atoms with Crippen molar-refractivity contribution in [2.45, 2.75) is 6.42 Å². The normalized spacial score (nSPS) is 14.2. The number of imide groups is 2. The number of nitrogens with two attached hydrogens (primary N) is 1. The maximum Gasteiger partial charge on any atom is 0.335 e. The number of nitrogens with zero attached hydrogens (tertiary/aromatic N) is 1. The lowest BCUT2D eigenvalue weighted by atomic mass is 10.3. The van der Waals surface area contributed by atoms with E-state index >= 15 is 0 Å². The van der Waals surface area contributed by atoms with Gasteiger partial charge in [-0.05, 0) is 0 Å². The molecule has 0 bridgehead atoms. The first kappa shape index (κ1) is 11.9. The van der Waals surface area contributed by atoms with Crippen LogP contribution in [0.2, 0.25) is 0 Å². The average Bonchev–Trinajstić information content (AvgIpc) is 2.56. The molecule has 0 spiro atoms. The number of hydrogen-bond acceptors (Lipinski definition) is 5. The minimum absolute atomic E-state index is 0.0750. The highest BCUT2D eigenvalue weighted by molar-refractivity contribution is 6.13. The van der Waals surface area contributed by atoms with Crippen molar-refractivity contribution in [2.75, 3.05) is 6.54 Å². The lowest BCUT2D eigenvalue weighted by Crippen LogP contribution is -2.44. The second-order valence-electron chi connectivity index (χ2n) is 2.93. The summed E-state index contributed by atoms with van der Waals surface area (Å²) in [6.45, 7) is -0.0750. The molecule has 16 heavy (non-hydrogen) atoms. The van der Waals surface area contributed by atoms with Crippen molar-refractivity contribution in [3.63, 3.8) is 0 Å². The molecule has 0 aliphatic carbocycles. The van der Waals surface area contributed by atoms with E-state index < -0.39 is 23.8 Å². The Balaban J connectivity index is 2.35. The molecule has 1 rings (SSSR count). The number of carbonyl (C=O) groups excluding carboxylic acids is 4. The molecular formula is C8H10N4O4. The van der Waals surface area contributed by atoms with Crippen molar-refractivity contribution in [3.05, 3.63) is 12.2 Å². The average molecular weight is 226 g/mol. The molecule has 0 fully saturated rings. The molecule has 0 aromatic carbocycles. The Morgan fingerprint density at radius 2 is 1.81 bits per heavy atom. The van der Waals surface area contributed by atoms with E-state index in [4.69, 9.17) is 5.84 Å². The van der Waals surface area contributed by atoms with Gasteiger partial charge in [0.2, 0.25) is 5.91 Å². The molecule has 4 N–H and O–H groups in total. The van der Waals surface area contributed by atoms with Crippen LogP contribution in [0.5, 0.6) is 0 Å². The Bertz CT molecular complexity index is 358. The van der Waals surface area contributed by atoms with Crippen molar-refractivity contribution in [1.82, 2.24) is 15.6 Å². The molecule has 1 heterocycles. The summed E-state index contributed by atoms with van der Waals surface area (Å²) in [7, 11) is 0. The third-order valence-electron chi connectivity index (χ3n) is 1.85. The second kappa shape index (κ2) is 5.03. The smallest absolute Gasteiger partial charge is 0.277 e. The van der Waals surface area contributed by atoms with E-state index in [9.17, 15) is 19.2 Å². The zero-order valence-corrected chi connectivity index (χ0v) is 8.23. The zero-order valence-electron chi connectivity index (χ0n) is 8.23. The molecule has 86 valence electrons. The lowest BCUT2D eigenvalue weighted by molar-refractivity contribution is -0.137. The first-order valence-electron chi connectivity index (χ1n) is 4.38. The van der Waals surface area contributed by atoms with Crippen LogP contribution in [-0.4, -0.2) is 35.2 Å². The van der Waals surface area contributed by atoms with Crippen LogP contribution in [-0.2, 0) is 14.4 Å². The Kier molecular flexibility index (Phi) is 3.72. The summed E-state index contributed by atoms with van der Waals surface area (Å²) in [5, 5.41) is 1.90. The van der Waals surface area contributed by atoms with E-state index in [-0.39, 0.29) is 13.0 Å². The third kappa shape index (κ3) is 2.89. The summed E-state index contributed by atoms with van der Waals surface area (Å²) in [4.78, 5) is 44.7. The second-order valence-corrected chi connectivity index (χ2v) is 2.93. The van der Waals surface area contributed by atoms with Gasteiger partial charge in [-0.2, -0.15) is 0 Å². The van der Waals surface area contributed by atoms with Crippen LogP contribution in [0.4, 0.5) is 4.79 Å². The minimum Gasteiger partial charge on any atom is -0.277 e. The van der Waals surface area contributed by atoms with E-state index in [1.807, 2.05) is 5.32 Å². The van der Waals surface area contributed by atoms with E-state index in [0.717, 1.165) is 17.1 Å². The topological polar surface area (TPSA) is 122 Å². The van der Waals surface area contributed by atoms with Gasteiger partial charge in [0.05, 0.1) is 0 Å². The summed E-state index contributed by atoms with van der Waals surface area (Å²) in [6.07, 6.45) is 2.08. The monoisotopic (exact) mass is 226 g/mol. The maximum atomic E-state index is 11.1. The van der Waals surface area contributed by atoms with Crippen molar-refractivity contribution < 1.29 is 19.2 Å². The fourth-order valence-electron chi connectivity index (χ4n) is 1.09. The molecule has 1 aliphatic rings. The predicted octanol–water partition coefficient (Wildman–Crippen LogP) is -2.00. The van der Waals surface area contributed by atoms with Crippen molar-refractivity contribution >= 4 is 23.8 Å². The molecule has 0 aromatic heterocycles. The number of carbonyl (C=O) groups is 4. The van der Waals surface area contributed by atoms with Gasteiger partial charge in [-0.25, -0.2) is 10.6 Å². The van der Waals surface area contributed by atoms with Gasteiger partial charge in [-0.3, -0.25) is 30.0 Å². The van der Waals surface area contributed by atoms with Gasteiger partial charge in [0.15, 0.2) is 0 Å². The molecule has 8 nitrogen and oxygen atoms in total. The van der Waals surface area contributed by atoms with Crippen LogP contribution >= 0.6 is 0 Å². The number of nitrogens with one attached hydrogen (secondary N) is 2. The Hall–Kier alpha value is -2.22. The molecule has 0 saturated heterocycles. The van der Waals surface area contributed by atoms with Crippen LogP contribution in [0.1, 0.15) is 6.42 Å². The van der Waals surface area contributed by atoms with Crippen LogP contribution in [0.15, 0.2) is 12.2 Å². The van der Waals surface area contributed by atoms with Gasteiger partial charge >= 0.3 is 6.03 Å². The summed E-state index contributed by atoms with van der Waals surface area (Å²) >= 11 is 0. The lowest BCUT2D eigenvalue weighted by Gasteiger charge is -2.12. The first-order valence-corrected chi connectivity index (χ1v) is 4.38. The summed E-state index contributed by atoms with van der Waals surface area (Å²) in [6, 6.07) is -0.845. The van der Waals surface area contributed by atoms with Crippen LogP contribution < -0.4 is 16.6 Å². The molecule has 0 atom stereocenters. The highest BCUT2D eigenvalue weighted by Crippen LogP contribution is 2.03. The largest absolute Gasteiger partial charge is 0.335 e. The Morgan fingerprint density at radius 3 is 2.31 bits per heavy atom. The number of urea groups is 1. The van der Waals surface area contributed by atoms with Gasteiger partial charge in [0.1, 0.15) is 0 Å². The third-order valence-corrected chi connectivity index (χ3v) is 1.85. The summed E-state index contributed by atoms with van der Waals surface area (Å²) in [5.41, 5.74) is 1.71. The van der Waals surface area contributed by atoms with Crippen LogP contribution in [0, 0.1) is 0 Å². The molecule has 0 radical (unpaired) electrons. The number of hydrazine groups is 1. The molecule has 0 unspecified atom stereocenters. The van der Waals surface area contributed by atoms with Crippen LogP contribution in [0.25, 0.3) is 0 Å². The Labute approximate surface area is 90.4 Å². The number of hydrogen-bond donors (Lipinski definition) is 3. The van der Waals surface area contributed by atoms with Crippen LogP contribution in [0.3, 0.4) is 0 Å². The summed E-state index contributed by atoms with van der Waals surface area (Å²) in [5.74, 6) is 3.17. The molecule has 0 aromatic rings. The number of rotatable bonds is 3. The summed E-state index contributed by atoms with van der Waals surface area (Å²) < 4.78 is 0. The highest BCUT2D eigenvalue weighted by Gasteiger charge is 2.23. The van der Waals surface area contributed by atoms with Crippen molar-refractivity contribution in [3.8, 4) is 0 Å². The van der Waals surface area contributed by atoms with Gasteiger partial charge in [-0.1, -0.05) is 0 Å². The fourth-order valence-corrected chi connectivity index (χ4v) is 1.09. The van der Waals surface area contributed by atoms with Gasteiger partial charge in [0, 0.05) is 25.1 Å². The van der Waals surface area contributed by atoms with E-state index in [0.29, 0.717) is 0 Å². The van der Waals surface area contributed by atoms with E-state index in [1.165, 1.54) is 0 Å². The molecule has 1 aliphatic heterocycles. The molecule has 5 amide bonds. The quantitative estimate of drug-likeness (QED) is 0.222. The Morgan fingerprint density at radius 1 is 1.25 bits per heavy atom. The molecular weight excluding hydrogens is 216 g/mol. The standard InChI is InChI=1S/C8H10N4O4/c9-11-8(16)10-5(13)3-4-12-6(14)1-2-7(12)15/h1-2H,3-4,9H2,(H2,10,11,13,16).